The molecule has 2 atom stereocenters. The molecule has 0 N–H and O–H groups in total. The van der Waals surface area contributed by atoms with E-state index >= 15 is 0 Å². The van der Waals surface area contributed by atoms with E-state index in [1.165, 1.54) is 109 Å². The van der Waals surface area contributed by atoms with Crippen LogP contribution >= 0.6 is 7.82 Å². The molecule has 0 spiro atoms. The van der Waals surface area contributed by atoms with E-state index in [9.17, 15) is 19.0 Å². The van der Waals surface area contributed by atoms with Crippen LogP contribution in [0.25, 0.3) is 0 Å². The van der Waals surface area contributed by atoms with Gasteiger partial charge in [-0.1, -0.05) is 234 Å². The molecule has 0 amide bonds. The Morgan fingerprint density at radius 2 is 0.792 bits per heavy atom. The molecule has 0 aliphatic carbocycles. The lowest BCUT2D eigenvalue weighted by Gasteiger charge is -2.28. The SMILES string of the molecule is CC/C=C\C/C=C\C/C=C\C/C=C\C/C=C\CCCCCCCCCCCCCCCCCCCCCC(=O)OC(COC(=O)CCCCCCC/C=C\C/C=C\CCC)COP(=O)([O-])OCC[N+](C)(C)C. The summed E-state index contributed by atoms with van der Waals surface area (Å²) < 4.78 is 34.1. The lowest BCUT2D eigenvalue weighted by molar-refractivity contribution is -0.870. The fraction of sp³-hybridized carbons (Fsp3) is 0.742. The minimum Gasteiger partial charge on any atom is -0.756 e. The first-order valence-corrected chi connectivity index (χ1v) is 30.8. The highest BCUT2D eigenvalue weighted by Crippen LogP contribution is 2.38. The smallest absolute Gasteiger partial charge is 0.306 e. The molecule has 2 unspecified atom stereocenters. The highest BCUT2D eigenvalue weighted by Gasteiger charge is 2.22. The molecule has 0 aromatic carbocycles. The number of likely N-dealkylation sites (N-methyl/N-ethyl adjacent to an activating group) is 1. The van der Waals surface area contributed by atoms with E-state index in [1.807, 2.05) is 21.1 Å². The van der Waals surface area contributed by atoms with Crippen LogP contribution in [0.5, 0.6) is 0 Å². The number of ether oxygens (including phenoxy) is 2. The lowest BCUT2D eigenvalue weighted by Crippen LogP contribution is -2.37. The zero-order valence-electron chi connectivity index (χ0n) is 47.1. The number of hydrogen-bond acceptors (Lipinski definition) is 8. The van der Waals surface area contributed by atoms with Gasteiger partial charge in [-0.05, 0) is 83.5 Å². The third-order valence-corrected chi connectivity index (χ3v) is 13.3. The summed E-state index contributed by atoms with van der Waals surface area (Å²) in [7, 11) is 1.16. The minimum atomic E-state index is -4.64. The van der Waals surface area contributed by atoms with Gasteiger partial charge in [-0.3, -0.25) is 14.2 Å². The summed E-state index contributed by atoms with van der Waals surface area (Å²) >= 11 is 0. The van der Waals surface area contributed by atoms with Crippen molar-refractivity contribution < 1.29 is 42.1 Å². The number of hydrogen-bond donors (Lipinski definition) is 0. The van der Waals surface area contributed by atoms with Crippen LogP contribution in [0.1, 0.15) is 245 Å². The molecular weight excluding hydrogens is 918 g/mol. The predicted octanol–water partition coefficient (Wildman–Crippen LogP) is 17.6. The minimum absolute atomic E-state index is 0.0348. The van der Waals surface area contributed by atoms with Crippen LogP contribution in [0, 0.1) is 0 Å². The van der Waals surface area contributed by atoms with E-state index in [0.717, 1.165) is 96.3 Å². The molecule has 0 bridgehead atoms. The highest BCUT2D eigenvalue weighted by atomic mass is 31.2. The predicted molar refractivity (Wildman–Crippen MR) is 305 cm³/mol. The first kappa shape index (κ1) is 69.2. The Kier molecular flexibility index (Phi) is 51.0. The molecule has 9 nitrogen and oxygen atoms in total. The quantitative estimate of drug-likeness (QED) is 0.0195. The Balaban J connectivity index is 4.00. The molecular formula is C62H110NO8P. The fourth-order valence-corrected chi connectivity index (χ4v) is 8.63. The Morgan fingerprint density at radius 3 is 1.18 bits per heavy atom. The second-order valence-corrected chi connectivity index (χ2v) is 22.0. The molecule has 72 heavy (non-hydrogen) atoms. The van der Waals surface area contributed by atoms with E-state index in [1.54, 1.807) is 0 Å². The average Bonchev–Trinajstić information content (AvgIpc) is 3.34. The number of esters is 2. The van der Waals surface area contributed by atoms with Crippen LogP contribution in [-0.2, 0) is 32.7 Å². The molecule has 0 aromatic heterocycles. The number of unbranched alkanes of at least 4 members (excludes halogenated alkanes) is 25. The second kappa shape index (κ2) is 53.0. The average molecular weight is 1030 g/mol. The van der Waals surface area contributed by atoms with Gasteiger partial charge in [0.25, 0.3) is 7.82 Å². The van der Waals surface area contributed by atoms with Crippen molar-refractivity contribution in [3.63, 3.8) is 0 Å². The first-order valence-electron chi connectivity index (χ1n) is 29.3. The third-order valence-electron chi connectivity index (χ3n) is 12.4. The van der Waals surface area contributed by atoms with Crippen molar-refractivity contribution in [1.29, 1.82) is 0 Å². The van der Waals surface area contributed by atoms with Crippen LogP contribution in [0.3, 0.4) is 0 Å². The van der Waals surface area contributed by atoms with Crippen LogP contribution in [0.4, 0.5) is 0 Å². The molecule has 0 rings (SSSR count). The number of phosphoric ester groups is 1. The molecule has 0 fully saturated rings. The van der Waals surface area contributed by atoms with Gasteiger partial charge in [-0.25, -0.2) is 0 Å². The number of carbonyl (C=O) groups is 2. The largest absolute Gasteiger partial charge is 0.756 e. The van der Waals surface area contributed by atoms with Gasteiger partial charge >= 0.3 is 11.9 Å². The third kappa shape index (κ3) is 56.5. The molecule has 0 aliphatic rings. The number of phosphoric acid groups is 1. The molecule has 0 aliphatic heterocycles. The zero-order valence-corrected chi connectivity index (χ0v) is 48.0. The maximum absolute atomic E-state index is 12.8. The summed E-state index contributed by atoms with van der Waals surface area (Å²) in [5, 5.41) is 0. The van der Waals surface area contributed by atoms with E-state index in [4.69, 9.17) is 18.5 Å². The normalized spacial score (nSPS) is 13.9. The number of quaternary nitrogens is 1. The summed E-state index contributed by atoms with van der Waals surface area (Å²) in [6, 6.07) is 0. The molecule has 0 aromatic rings. The maximum Gasteiger partial charge on any atom is 0.306 e. The van der Waals surface area contributed by atoms with Crippen LogP contribution in [0.2, 0.25) is 0 Å². The molecule has 0 saturated heterocycles. The van der Waals surface area contributed by atoms with Crippen LogP contribution in [-0.4, -0.2) is 70.0 Å². The second-order valence-electron chi connectivity index (χ2n) is 20.6. The van der Waals surface area contributed by atoms with Gasteiger partial charge in [0, 0.05) is 12.8 Å². The van der Waals surface area contributed by atoms with E-state index < -0.39 is 32.5 Å². The van der Waals surface area contributed by atoms with Crippen molar-refractivity contribution in [2.45, 2.75) is 251 Å². The van der Waals surface area contributed by atoms with E-state index in [0.29, 0.717) is 23.9 Å². The Bertz CT molecular complexity index is 1490. The maximum atomic E-state index is 12.8. The lowest BCUT2D eigenvalue weighted by atomic mass is 10.0. The summed E-state index contributed by atoms with van der Waals surface area (Å²) in [4.78, 5) is 37.8. The summed E-state index contributed by atoms with van der Waals surface area (Å²) in [6.45, 7) is 4.05. The molecule has 10 heteroatoms. The molecule has 0 saturated carbocycles. The highest BCUT2D eigenvalue weighted by molar-refractivity contribution is 7.45. The summed E-state index contributed by atoms with van der Waals surface area (Å²) in [5.74, 6) is -0.847. The topological polar surface area (TPSA) is 111 Å². The van der Waals surface area contributed by atoms with Gasteiger partial charge in [0.1, 0.15) is 19.8 Å². The summed E-state index contributed by atoms with van der Waals surface area (Å²) in [6.07, 6.45) is 70.8. The van der Waals surface area contributed by atoms with Crippen molar-refractivity contribution in [3.8, 4) is 0 Å². The van der Waals surface area contributed by atoms with Gasteiger partial charge < -0.3 is 27.9 Å². The zero-order chi connectivity index (χ0) is 52.7. The molecule has 416 valence electrons. The van der Waals surface area contributed by atoms with Crippen molar-refractivity contribution in [3.05, 3.63) is 85.1 Å². The number of carbonyl (C=O) groups excluding carboxylic acids is 2. The van der Waals surface area contributed by atoms with Gasteiger partial charge in [0.05, 0.1) is 27.7 Å². The van der Waals surface area contributed by atoms with Crippen molar-refractivity contribution >= 4 is 19.8 Å². The summed E-state index contributed by atoms with van der Waals surface area (Å²) in [5.41, 5.74) is 0. The number of rotatable bonds is 53. The fourth-order valence-electron chi connectivity index (χ4n) is 7.90. The number of allylic oxidation sites excluding steroid dienone is 14. The van der Waals surface area contributed by atoms with Crippen molar-refractivity contribution in [2.24, 2.45) is 0 Å². The standard InChI is InChI=1S/C62H110NO8P/c1-6-8-10-12-14-16-18-20-21-22-23-24-25-26-27-28-29-30-31-32-33-34-35-36-37-38-39-40-41-43-45-47-49-51-53-55-62(65)71-60(59-70-72(66,67)69-57-56-63(3,4)5)58-68-61(64)54-52-50-48-46-44-42-19-17-15-13-11-9-7-2/h8,10-11,13-14,16-17,19-21,23-24,26-27,60H,6-7,9,12,15,18,22,25,28-59H2,1-5H3/b10-8-,13-11-,16-14-,19-17-,21-20-,24-23-,27-26-. The Hall–Kier alpha value is -2.81. The monoisotopic (exact) mass is 1030 g/mol. The van der Waals surface area contributed by atoms with Crippen molar-refractivity contribution in [2.75, 3.05) is 47.5 Å². The van der Waals surface area contributed by atoms with Crippen molar-refractivity contribution in [1.82, 2.24) is 0 Å². The van der Waals surface area contributed by atoms with Gasteiger partial charge in [0.15, 0.2) is 6.10 Å². The van der Waals surface area contributed by atoms with E-state index in [-0.39, 0.29) is 26.1 Å². The Morgan fingerprint density at radius 1 is 0.444 bits per heavy atom. The molecule has 0 radical (unpaired) electrons. The van der Waals surface area contributed by atoms with E-state index in [2.05, 4.69) is 98.9 Å². The van der Waals surface area contributed by atoms with Gasteiger partial charge in [0.2, 0.25) is 0 Å². The van der Waals surface area contributed by atoms with Crippen LogP contribution in [0.15, 0.2) is 85.1 Å². The van der Waals surface area contributed by atoms with Gasteiger partial charge in [-0.15, -0.1) is 0 Å². The first-order chi connectivity index (χ1) is 35.0. The van der Waals surface area contributed by atoms with Crippen LogP contribution < -0.4 is 4.89 Å². The molecule has 0 heterocycles. The Labute approximate surface area is 443 Å². The number of nitrogens with zero attached hydrogens (tertiary/aromatic N) is 1. The van der Waals surface area contributed by atoms with Gasteiger partial charge in [-0.2, -0.15) is 0 Å².